The van der Waals surface area contributed by atoms with Gasteiger partial charge in [0.2, 0.25) is 0 Å². The molecule has 0 bridgehead atoms. The fraction of sp³-hybridized carbons (Fsp3) is 0.421. The molecular weight excluding hydrogens is 352 g/mol. The summed E-state index contributed by atoms with van der Waals surface area (Å²) in [6, 6.07) is 4.43. The lowest BCUT2D eigenvalue weighted by molar-refractivity contribution is -0.149. The Hall–Kier alpha value is -3.03. The highest BCUT2D eigenvalue weighted by Crippen LogP contribution is 2.28. The standard InChI is InChI=1S/C19H26N2O6/c1-6-26-15-9-7-14(11-16(15)25-5)8-10-17(22)27-13(4)18(23)21-19(24)20-12(2)3/h7-13H,6H2,1-5H3,(H2,20,21,23,24)/b10-8+/t13-/m1/s1. The molecule has 27 heavy (non-hydrogen) atoms. The van der Waals surface area contributed by atoms with Crippen LogP contribution in [0.2, 0.25) is 0 Å². The number of esters is 1. The van der Waals surface area contributed by atoms with E-state index in [1.807, 2.05) is 6.92 Å². The molecular formula is C19H26N2O6. The lowest BCUT2D eigenvalue weighted by Gasteiger charge is -2.13. The number of urea groups is 1. The minimum absolute atomic E-state index is 0.121. The summed E-state index contributed by atoms with van der Waals surface area (Å²) in [6.07, 6.45) is 1.60. The molecule has 148 valence electrons. The van der Waals surface area contributed by atoms with E-state index in [4.69, 9.17) is 14.2 Å². The minimum atomic E-state index is -1.12. The highest BCUT2D eigenvalue weighted by atomic mass is 16.5. The van der Waals surface area contributed by atoms with E-state index in [1.54, 1.807) is 32.0 Å². The summed E-state index contributed by atoms with van der Waals surface area (Å²) in [6.45, 7) is 7.27. The van der Waals surface area contributed by atoms with E-state index in [9.17, 15) is 14.4 Å². The number of rotatable bonds is 8. The zero-order valence-electron chi connectivity index (χ0n) is 16.2. The number of carbonyl (C=O) groups is 3. The van der Waals surface area contributed by atoms with E-state index < -0.39 is 24.0 Å². The van der Waals surface area contributed by atoms with Crippen molar-refractivity contribution in [3.63, 3.8) is 0 Å². The summed E-state index contributed by atoms with van der Waals surface area (Å²) in [7, 11) is 1.52. The molecule has 0 fully saturated rings. The van der Waals surface area contributed by atoms with E-state index >= 15 is 0 Å². The summed E-state index contributed by atoms with van der Waals surface area (Å²) in [5, 5.41) is 4.61. The molecule has 0 unspecified atom stereocenters. The number of ether oxygens (including phenoxy) is 3. The number of hydrogen-bond acceptors (Lipinski definition) is 6. The Morgan fingerprint density at radius 2 is 1.85 bits per heavy atom. The lowest BCUT2D eigenvalue weighted by Crippen LogP contribution is -2.46. The SMILES string of the molecule is CCOc1ccc(/C=C/C(=O)O[C@H](C)C(=O)NC(=O)NC(C)C)cc1OC. The Morgan fingerprint density at radius 3 is 2.44 bits per heavy atom. The van der Waals surface area contributed by atoms with E-state index in [0.717, 1.165) is 0 Å². The molecule has 1 rings (SSSR count). The maximum Gasteiger partial charge on any atom is 0.331 e. The number of hydrogen-bond donors (Lipinski definition) is 2. The number of methoxy groups -OCH3 is 1. The van der Waals surface area contributed by atoms with Gasteiger partial charge in [0.25, 0.3) is 5.91 Å². The van der Waals surface area contributed by atoms with Crippen LogP contribution in [0, 0.1) is 0 Å². The van der Waals surface area contributed by atoms with E-state index in [1.165, 1.54) is 26.2 Å². The van der Waals surface area contributed by atoms with E-state index in [-0.39, 0.29) is 6.04 Å². The highest BCUT2D eigenvalue weighted by Gasteiger charge is 2.19. The van der Waals surface area contributed by atoms with E-state index in [0.29, 0.717) is 23.7 Å². The predicted octanol–water partition coefficient (Wildman–Crippen LogP) is 2.27. The quantitative estimate of drug-likeness (QED) is 0.531. The first-order valence-electron chi connectivity index (χ1n) is 8.57. The van der Waals surface area contributed by atoms with Crippen LogP contribution in [0.5, 0.6) is 11.5 Å². The first-order valence-corrected chi connectivity index (χ1v) is 8.57. The summed E-state index contributed by atoms with van der Waals surface area (Å²) < 4.78 is 15.6. The van der Waals surface area contributed by atoms with Gasteiger partial charge in [-0.2, -0.15) is 0 Å². The molecule has 8 heteroatoms. The first kappa shape index (κ1) is 22.0. The van der Waals surface area contributed by atoms with Gasteiger partial charge in [-0.25, -0.2) is 9.59 Å². The number of amides is 3. The third kappa shape index (κ3) is 7.81. The number of imide groups is 1. The van der Waals surface area contributed by atoms with Crippen molar-refractivity contribution in [3.05, 3.63) is 29.8 Å². The second kappa shape index (κ2) is 10.8. The average Bonchev–Trinajstić information content (AvgIpc) is 2.60. The Bertz CT molecular complexity index is 699. The Kier molecular flexibility index (Phi) is 8.84. The molecule has 0 heterocycles. The van der Waals surface area contributed by atoms with Crippen molar-refractivity contribution in [2.45, 2.75) is 39.8 Å². The molecule has 0 saturated heterocycles. The molecule has 1 aromatic carbocycles. The highest BCUT2D eigenvalue weighted by molar-refractivity contribution is 5.98. The zero-order chi connectivity index (χ0) is 20.4. The van der Waals surface area contributed by atoms with Crippen LogP contribution in [-0.2, 0) is 14.3 Å². The van der Waals surface area contributed by atoms with Crippen LogP contribution in [0.4, 0.5) is 4.79 Å². The van der Waals surface area contributed by atoms with Gasteiger partial charge < -0.3 is 19.5 Å². The van der Waals surface area contributed by atoms with Crippen molar-refractivity contribution < 1.29 is 28.6 Å². The fourth-order valence-corrected chi connectivity index (χ4v) is 2.01. The Morgan fingerprint density at radius 1 is 1.15 bits per heavy atom. The lowest BCUT2D eigenvalue weighted by atomic mass is 10.2. The topological polar surface area (TPSA) is 103 Å². The van der Waals surface area contributed by atoms with E-state index in [2.05, 4.69) is 10.6 Å². The van der Waals surface area contributed by atoms with Crippen LogP contribution < -0.4 is 20.1 Å². The second-order valence-corrected chi connectivity index (χ2v) is 5.87. The maximum atomic E-state index is 11.9. The third-order valence-electron chi connectivity index (χ3n) is 3.22. The van der Waals surface area contributed by atoms with Crippen LogP contribution in [-0.4, -0.2) is 43.8 Å². The van der Waals surface area contributed by atoms with Gasteiger partial charge in [-0.1, -0.05) is 6.07 Å². The fourth-order valence-electron chi connectivity index (χ4n) is 2.01. The molecule has 0 radical (unpaired) electrons. The normalized spacial score (nSPS) is 11.8. The maximum absolute atomic E-state index is 11.9. The van der Waals surface area contributed by atoms with Crippen LogP contribution in [0.1, 0.15) is 33.3 Å². The molecule has 0 aliphatic carbocycles. The average molecular weight is 378 g/mol. The van der Waals surface area contributed by atoms with Crippen molar-refractivity contribution in [1.82, 2.24) is 10.6 Å². The number of benzene rings is 1. The molecule has 0 aliphatic rings. The molecule has 1 atom stereocenters. The van der Waals surface area contributed by atoms with Gasteiger partial charge in [0.15, 0.2) is 17.6 Å². The van der Waals surface area contributed by atoms with Crippen molar-refractivity contribution in [3.8, 4) is 11.5 Å². The Labute approximate surface area is 158 Å². The molecule has 0 aromatic heterocycles. The van der Waals surface area contributed by atoms with Gasteiger partial charge in [-0.15, -0.1) is 0 Å². The molecule has 8 nitrogen and oxygen atoms in total. The van der Waals surface area contributed by atoms with Crippen molar-refractivity contribution in [2.75, 3.05) is 13.7 Å². The molecule has 0 spiro atoms. The number of carbonyl (C=O) groups excluding carboxylic acids is 3. The van der Waals surface area contributed by atoms with Gasteiger partial charge in [0, 0.05) is 12.1 Å². The predicted molar refractivity (Wildman–Crippen MR) is 101 cm³/mol. The molecule has 0 saturated carbocycles. The van der Waals surface area contributed by atoms with Crippen LogP contribution >= 0.6 is 0 Å². The summed E-state index contributed by atoms with van der Waals surface area (Å²) in [4.78, 5) is 35.2. The molecule has 3 amide bonds. The Balaban J connectivity index is 2.62. The van der Waals surface area contributed by atoms with Crippen molar-refractivity contribution >= 4 is 24.0 Å². The van der Waals surface area contributed by atoms with Gasteiger partial charge in [-0.05, 0) is 51.5 Å². The molecule has 1 aromatic rings. The summed E-state index contributed by atoms with van der Waals surface area (Å²) in [5.41, 5.74) is 0.695. The molecule has 0 aliphatic heterocycles. The largest absolute Gasteiger partial charge is 0.493 e. The van der Waals surface area contributed by atoms with Gasteiger partial charge in [0.1, 0.15) is 0 Å². The van der Waals surface area contributed by atoms with Gasteiger partial charge in [-0.3, -0.25) is 10.1 Å². The second-order valence-electron chi connectivity index (χ2n) is 5.87. The zero-order valence-corrected chi connectivity index (χ0v) is 16.2. The van der Waals surface area contributed by atoms with Crippen molar-refractivity contribution in [2.24, 2.45) is 0 Å². The minimum Gasteiger partial charge on any atom is -0.493 e. The van der Waals surface area contributed by atoms with Crippen molar-refractivity contribution in [1.29, 1.82) is 0 Å². The summed E-state index contributed by atoms with van der Waals surface area (Å²) >= 11 is 0. The monoisotopic (exact) mass is 378 g/mol. The summed E-state index contributed by atoms with van der Waals surface area (Å²) in [5.74, 6) is -0.284. The smallest absolute Gasteiger partial charge is 0.331 e. The van der Waals surface area contributed by atoms with Crippen LogP contribution in [0.3, 0.4) is 0 Å². The molecule has 2 N–H and O–H groups in total. The first-order chi connectivity index (χ1) is 12.8. The van der Waals surface area contributed by atoms with Crippen LogP contribution in [0.25, 0.3) is 6.08 Å². The van der Waals surface area contributed by atoms with Gasteiger partial charge >= 0.3 is 12.0 Å². The number of nitrogens with one attached hydrogen (secondary N) is 2. The van der Waals surface area contributed by atoms with Gasteiger partial charge in [0.05, 0.1) is 13.7 Å². The third-order valence-corrected chi connectivity index (χ3v) is 3.22. The van der Waals surface area contributed by atoms with Crippen LogP contribution in [0.15, 0.2) is 24.3 Å².